The molecule has 0 aliphatic carbocycles. The van der Waals surface area contributed by atoms with Gasteiger partial charge in [-0.05, 0) is 61.0 Å². The third-order valence-electron chi connectivity index (χ3n) is 6.97. The van der Waals surface area contributed by atoms with Crippen LogP contribution in [0.15, 0.2) is 91.4 Å². The van der Waals surface area contributed by atoms with E-state index in [-0.39, 0.29) is 11.6 Å². The second kappa shape index (κ2) is 9.50. The first-order valence-corrected chi connectivity index (χ1v) is 12.4. The van der Waals surface area contributed by atoms with Crippen molar-refractivity contribution in [3.63, 3.8) is 0 Å². The van der Waals surface area contributed by atoms with Crippen LogP contribution in [0.3, 0.4) is 0 Å². The summed E-state index contributed by atoms with van der Waals surface area (Å²) < 4.78 is 15.7. The molecule has 3 heterocycles. The van der Waals surface area contributed by atoms with E-state index < -0.39 is 0 Å². The van der Waals surface area contributed by atoms with Gasteiger partial charge in [-0.1, -0.05) is 30.3 Å². The fourth-order valence-corrected chi connectivity index (χ4v) is 5.00. The molecule has 6 nitrogen and oxygen atoms in total. The number of Topliss-reactive ketones (excluding diaryl/α,β-unsaturated/α-hetero) is 1. The highest BCUT2D eigenvalue weighted by atomic mass is 19.1. The molecule has 0 amide bonds. The zero-order chi connectivity index (χ0) is 25.4. The van der Waals surface area contributed by atoms with Crippen molar-refractivity contribution in [1.82, 2.24) is 14.5 Å². The van der Waals surface area contributed by atoms with E-state index in [0.29, 0.717) is 0 Å². The maximum absolute atomic E-state index is 13.6. The summed E-state index contributed by atoms with van der Waals surface area (Å²) in [5, 5.41) is 0.984. The van der Waals surface area contributed by atoms with Crippen LogP contribution in [0, 0.1) is 5.82 Å². The summed E-state index contributed by atoms with van der Waals surface area (Å²) in [6, 6.07) is 24.5. The minimum Gasteiger partial charge on any atom is -0.368 e. The zero-order valence-electron chi connectivity index (χ0n) is 20.5. The second-order valence-electron chi connectivity index (χ2n) is 9.23. The Morgan fingerprint density at radius 1 is 0.784 bits per heavy atom. The predicted molar refractivity (Wildman–Crippen MR) is 145 cm³/mol. The van der Waals surface area contributed by atoms with E-state index in [2.05, 4.69) is 33.1 Å². The van der Waals surface area contributed by atoms with Gasteiger partial charge in [0.15, 0.2) is 11.4 Å². The topological polar surface area (TPSA) is 54.3 Å². The standard InChI is InChI=1S/C30H26FN5O/c1-21(37)22-7-11-25(12-8-22)34-15-17-35(18-16-34)29-28-27(23-5-3-2-4-6-23)19-36(30(28)33-20-32-29)26-13-9-24(31)10-14-26/h2-14,19-20H,15-18H2,1H3. The van der Waals surface area contributed by atoms with Crippen molar-refractivity contribution in [2.24, 2.45) is 0 Å². The average molecular weight is 492 g/mol. The Balaban J connectivity index is 1.37. The Morgan fingerprint density at radius 3 is 2.11 bits per heavy atom. The number of anilines is 2. The van der Waals surface area contributed by atoms with Gasteiger partial charge in [-0.2, -0.15) is 0 Å². The molecule has 0 N–H and O–H groups in total. The first-order valence-electron chi connectivity index (χ1n) is 12.4. The van der Waals surface area contributed by atoms with E-state index in [9.17, 15) is 9.18 Å². The fraction of sp³-hybridized carbons (Fsp3) is 0.167. The Labute approximate surface area is 214 Å². The molecule has 5 aromatic rings. The van der Waals surface area contributed by atoms with Crippen LogP contribution in [0.1, 0.15) is 17.3 Å². The lowest BCUT2D eigenvalue weighted by molar-refractivity contribution is 0.101. The molecule has 0 saturated carbocycles. The van der Waals surface area contributed by atoms with Gasteiger partial charge in [0.05, 0.1) is 5.39 Å². The first kappa shape index (κ1) is 22.9. The molecule has 0 spiro atoms. The zero-order valence-corrected chi connectivity index (χ0v) is 20.5. The number of carbonyl (C=O) groups is 1. The highest BCUT2D eigenvalue weighted by molar-refractivity contribution is 6.02. The summed E-state index contributed by atoms with van der Waals surface area (Å²) in [6.45, 7) is 4.87. The Hall–Kier alpha value is -4.52. The number of nitrogens with zero attached hydrogens (tertiary/aromatic N) is 5. The van der Waals surface area contributed by atoms with E-state index >= 15 is 0 Å². The van der Waals surface area contributed by atoms with Crippen molar-refractivity contribution in [3.8, 4) is 16.8 Å². The van der Waals surface area contributed by atoms with Gasteiger partial charge in [0.1, 0.15) is 18.0 Å². The van der Waals surface area contributed by atoms with Crippen molar-refractivity contribution < 1.29 is 9.18 Å². The molecule has 0 radical (unpaired) electrons. The van der Waals surface area contributed by atoms with E-state index in [1.54, 1.807) is 25.4 Å². The van der Waals surface area contributed by atoms with Crippen LogP contribution in [-0.4, -0.2) is 46.5 Å². The molecule has 184 valence electrons. The number of hydrogen-bond acceptors (Lipinski definition) is 5. The molecule has 6 rings (SSSR count). The number of benzene rings is 3. The van der Waals surface area contributed by atoms with E-state index in [0.717, 1.165) is 71.1 Å². The Bertz CT molecular complexity index is 1550. The molecular formula is C30H26FN5O. The highest BCUT2D eigenvalue weighted by Crippen LogP contribution is 2.37. The molecule has 37 heavy (non-hydrogen) atoms. The Morgan fingerprint density at radius 2 is 1.43 bits per heavy atom. The van der Waals surface area contributed by atoms with Crippen molar-refractivity contribution in [2.45, 2.75) is 6.92 Å². The van der Waals surface area contributed by atoms with Crippen molar-refractivity contribution in [2.75, 3.05) is 36.0 Å². The van der Waals surface area contributed by atoms with E-state index in [4.69, 9.17) is 4.98 Å². The van der Waals surface area contributed by atoms with Crippen LogP contribution in [-0.2, 0) is 0 Å². The third kappa shape index (κ3) is 4.33. The van der Waals surface area contributed by atoms with Gasteiger partial charge in [0.2, 0.25) is 0 Å². The molecule has 3 aromatic carbocycles. The molecule has 7 heteroatoms. The minimum absolute atomic E-state index is 0.0749. The van der Waals surface area contributed by atoms with Gasteiger partial charge < -0.3 is 14.4 Å². The molecule has 2 aromatic heterocycles. The molecule has 0 bridgehead atoms. The summed E-state index contributed by atoms with van der Waals surface area (Å²) in [5.41, 5.74) is 5.59. The van der Waals surface area contributed by atoms with Crippen LogP contribution in [0.2, 0.25) is 0 Å². The van der Waals surface area contributed by atoms with Gasteiger partial charge in [-0.15, -0.1) is 0 Å². The number of carbonyl (C=O) groups excluding carboxylic acids is 1. The quantitative estimate of drug-likeness (QED) is 0.293. The van der Waals surface area contributed by atoms with Crippen LogP contribution in [0.5, 0.6) is 0 Å². The molecular weight excluding hydrogens is 465 g/mol. The van der Waals surface area contributed by atoms with Gasteiger partial charge in [0.25, 0.3) is 0 Å². The summed E-state index contributed by atoms with van der Waals surface area (Å²) in [6.07, 6.45) is 3.68. The third-order valence-corrected chi connectivity index (χ3v) is 6.97. The monoisotopic (exact) mass is 491 g/mol. The highest BCUT2D eigenvalue weighted by Gasteiger charge is 2.24. The second-order valence-corrected chi connectivity index (χ2v) is 9.23. The summed E-state index contributed by atoms with van der Waals surface area (Å²) >= 11 is 0. The molecule has 1 saturated heterocycles. The van der Waals surface area contributed by atoms with Gasteiger partial charge in [0, 0.05) is 54.9 Å². The maximum atomic E-state index is 13.6. The van der Waals surface area contributed by atoms with Gasteiger partial charge in [-0.3, -0.25) is 4.79 Å². The number of halogens is 1. The van der Waals surface area contributed by atoms with Crippen LogP contribution in [0.4, 0.5) is 15.9 Å². The number of ketones is 1. The molecule has 1 fully saturated rings. The van der Waals surface area contributed by atoms with Crippen molar-refractivity contribution in [3.05, 3.63) is 103 Å². The number of rotatable bonds is 5. The first-order chi connectivity index (χ1) is 18.1. The predicted octanol–water partition coefficient (Wildman–Crippen LogP) is 5.76. The number of fused-ring (bicyclic) bond motifs is 1. The lowest BCUT2D eigenvalue weighted by atomic mass is 10.1. The normalized spacial score (nSPS) is 13.8. The van der Waals surface area contributed by atoms with Crippen LogP contribution in [0.25, 0.3) is 27.8 Å². The van der Waals surface area contributed by atoms with Crippen molar-refractivity contribution in [1.29, 1.82) is 0 Å². The lowest BCUT2D eigenvalue weighted by Gasteiger charge is -2.37. The fourth-order valence-electron chi connectivity index (χ4n) is 5.00. The summed E-state index contributed by atoms with van der Waals surface area (Å²) in [5.74, 6) is 0.704. The van der Waals surface area contributed by atoms with E-state index in [1.807, 2.05) is 47.0 Å². The van der Waals surface area contributed by atoms with Gasteiger partial charge in [-0.25, -0.2) is 14.4 Å². The van der Waals surface area contributed by atoms with Gasteiger partial charge >= 0.3 is 0 Å². The summed E-state index contributed by atoms with van der Waals surface area (Å²) in [7, 11) is 0. The largest absolute Gasteiger partial charge is 0.368 e. The Kier molecular flexibility index (Phi) is 5.88. The molecule has 0 atom stereocenters. The van der Waals surface area contributed by atoms with Crippen LogP contribution >= 0.6 is 0 Å². The minimum atomic E-state index is -0.271. The smallest absolute Gasteiger partial charge is 0.159 e. The SMILES string of the molecule is CC(=O)c1ccc(N2CCN(c3ncnc4c3c(-c3ccccc3)cn4-c3ccc(F)cc3)CC2)cc1. The molecule has 0 unspecified atom stereocenters. The average Bonchev–Trinajstić information content (AvgIpc) is 3.34. The molecule has 1 aliphatic rings. The summed E-state index contributed by atoms with van der Waals surface area (Å²) in [4.78, 5) is 25.7. The number of hydrogen-bond donors (Lipinski definition) is 0. The van der Waals surface area contributed by atoms with Crippen LogP contribution < -0.4 is 9.80 Å². The molecule has 1 aliphatic heterocycles. The van der Waals surface area contributed by atoms with E-state index in [1.165, 1.54) is 12.1 Å². The van der Waals surface area contributed by atoms with Crippen molar-refractivity contribution >= 4 is 28.3 Å². The number of piperazine rings is 1. The maximum Gasteiger partial charge on any atom is 0.159 e. The number of aromatic nitrogens is 3. The lowest BCUT2D eigenvalue weighted by Crippen LogP contribution is -2.47.